The fourth-order valence-electron chi connectivity index (χ4n) is 1.99. The van der Waals surface area contributed by atoms with E-state index >= 15 is 0 Å². The smallest absolute Gasteiger partial charge is 0.255 e. The lowest BCUT2D eigenvalue weighted by atomic mass is 10.1. The highest BCUT2D eigenvalue weighted by atomic mass is 35.5. The highest BCUT2D eigenvalue weighted by Crippen LogP contribution is 2.24. The fourth-order valence-corrected chi connectivity index (χ4v) is 2.15. The lowest BCUT2D eigenvalue weighted by Crippen LogP contribution is -2.14. The Kier molecular flexibility index (Phi) is 5.31. The molecule has 2 amide bonds. The highest BCUT2D eigenvalue weighted by molar-refractivity contribution is 6.34. The standard InChI is InChI=1S/C17H14ClFN2O3/c1-9(22)11-3-5-13(18)15(7-11)21-17(24)12-4-6-14(19)16(8-12)20-10(2)23/h3-8H,1-2H3,(H,20,23)(H,21,24). The first-order valence-corrected chi connectivity index (χ1v) is 7.34. The van der Waals surface area contributed by atoms with Crippen LogP contribution in [0.4, 0.5) is 15.8 Å². The van der Waals surface area contributed by atoms with Gasteiger partial charge in [-0.15, -0.1) is 0 Å². The van der Waals surface area contributed by atoms with Gasteiger partial charge in [0.1, 0.15) is 5.82 Å². The molecule has 2 aromatic carbocycles. The number of hydrogen-bond donors (Lipinski definition) is 2. The van der Waals surface area contributed by atoms with Crippen LogP contribution >= 0.6 is 11.6 Å². The van der Waals surface area contributed by atoms with Crippen molar-refractivity contribution in [3.8, 4) is 0 Å². The zero-order valence-corrected chi connectivity index (χ0v) is 13.7. The van der Waals surface area contributed by atoms with E-state index in [-0.39, 0.29) is 27.7 Å². The molecule has 124 valence electrons. The summed E-state index contributed by atoms with van der Waals surface area (Å²) in [6.07, 6.45) is 0. The van der Waals surface area contributed by atoms with E-state index in [0.717, 1.165) is 6.07 Å². The van der Waals surface area contributed by atoms with Crippen LogP contribution in [0.15, 0.2) is 36.4 Å². The van der Waals surface area contributed by atoms with E-state index in [9.17, 15) is 18.8 Å². The lowest BCUT2D eigenvalue weighted by Gasteiger charge is -2.10. The summed E-state index contributed by atoms with van der Waals surface area (Å²) >= 11 is 6.01. The minimum atomic E-state index is -0.654. The van der Waals surface area contributed by atoms with E-state index in [1.807, 2.05) is 0 Å². The molecule has 0 aliphatic rings. The molecule has 0 spiro atoms. The molecule has 2 rings (SSSR count). The maximum absolute atomic E-state index is 13.6. The minimum Gasteiger partial charge on any atom is -0.324 e. The predicted molar refractivity (Wildman–Crippen MR) is 90.1 cm³/mol. The second kappa shape index (κ2) is 7.23. The van der Waals surface area contributed by atoms with E-state index in [0.29, 0.717) is 5.56 Å². The maximum Gasteiger partial charge on any atom is 0.255 e. The largest absolute Gasteiger partial charge is 0.324 e. The molecule has 2 aromatic rings. The van der Waals surface area contributed by atoms with Crippen LogP contribution in [0.2, 0.25) is 5.02 Å². The van der Waals surface area contributed by atoms with Crippen LogP contribution < -0.4 is 10.6 Å². The average Bonchev–Trinajstić information content (AvgIpc) is 2.50. The number of halogens is 2. The summed E-state index contributed by atoms with van der Waals surface area (Å²) in [5, 5.41) is 5.13. The Balaban J connectivity index is 2.29. The Morgan fingerprint density at radius 3 is 2.17 bits per heavy atom. The molecule has 0 aliphatic carbocycles. The first kappa shape index (κ1) is 17.6. The summed E-state index contributed by atoms with van der Waals surface area (Å²) in [6.45, 7) is 2.63. The number of carbonyl (C=O) groups excluding carboxylic acids is 3. The lowest BCUT2D eigenvalue weighted by molar-refractivity contribution is -0.114. The zero-order chi connectivity index (χ0) is 17.9. The van der Waals surface area contributed by atoms with Crippen LogP contribution in [0.5, 0.6) is 0 Å². The summed E-state index contributed by atoms with van der Waals surface area (Å²) in [4.78, 5) is 34.8. The highest BCUT2D eigenvalue weighted by Gasteiger charge is 2.13. The van der Waals surface area contributed by atoms with Crippen molar-refractivity contribution in [1.29, 1.82) is 0 Å². The third kappa shape index (κ3) is 4.17. The number of rotatable bonds is 4. The first-order chi connectivity index (χ1) is 11.3. The van der Waals surface area contributed by atoms with E-state index in [2.05, 4.69) is 10.6 Å². The van der Waals surface area contributed by atoms with Crippen molar-refractivity contribution in [3.05, 3.63) is 58.4 Å². The molecule has 0 unspecified atom stereocenters. The van der Waals surface area contributed by atoms with Crippen LogP contribution in [0, 0.1) is 5.82 Å². The Morgan fingerprint density at radius 2 is 1.54 bits per heavy atom. The van der Waals surface area contributed by atoms with Gasteiger partial charge in [-0.2, -0.15) is 0 Å². The Hall–Kier alpha value is -2.73. The molecule has 2 N–H and O–H groups in total. The SMILES string of the molecule is CC(=O)Nc1cc(C(=O)Nc2cc(C(C)=O)ccc2Cl)ccc1F. The number of nitrogens with one attached hydrogen (secondary N) is 2. The van der Waals surface area contributed by atoms with Gasteiger partial charge in [0.2, 0.25) is 5.91 Å². The molecule has 0 saturated carbocycles. The Morgan fingerprint density at radius 1 is 0.917 bits per heavy atom. The van der Waals surface area contributed by atoms with E-state index < -0.39 is 17.6 Å². The van der Waals surface area contributed by atoms with Crippen molar-refractivity contribution in [3.63, 3.8) is 0 Å². The number of amides is 2. The van der Waals surface area contributed by atoms with Crippen molar-refractivity contribution in [2.75, 3.05) is 10.6 Å². The van der Waals surface area contributed by atoms with Crippen LogP contribution in [-0.2, 0) is 4.79 Å². The molecule has 0 bridgehead atoms. The number of Topliss-reactive ketones (excluding diaryl/α,β-unsaturated/α-hetero) is 1. The van der Waals surface area contributed by atoms with Crippen LogP contribution in [0.3, 0.4) is 0 Å². The summed E-state index contributed by atoms with van der Waals surface area (Å²) in [6, 6.07) is 8.08. The van der Waals surface area contributed by atoms with Crippen molar-refractivity contribution in [1.82, 2.24) is 0 Å². The predicted octanol–water partition coefficient (Wildman–Crippen LogP) is 3.89. The molecular formula is C17H14ClFN2O3. The van der Waals surface area contributed by atoms with Gasteiger partial charge in [-0.1, -0.05) is 11.6 Å². The molecule has 7 heteroatoms. The number of hydrogen-bond acceptors (Lipinski definition) is 3. The van der Waals surface area contributed by atoms with Gasteiger partial charge in [0, 0.05) is 18.1 Å². The van der Waals surface area contributed by atoms with Gasteiger partial charge < -0.3 is 10.6 Å². The van der Waals surface area contributed by atoms with Crippen molar-refractivity contribution in [2.45, 2.75) is 13.8 Å². The maximum atomic E-state index is 13.6. The third-order valence-corrected chi connectivity index (χ3v) is 3.49. The molecule has 0 radical (unpaired) electrons. The monoisotopic (exact) mass is 348 g/mol. The zero-order valence-electron chi connectivity index (χ0n) is 12.9. The molecule has 24 heavy (non-hydrogen) atoms. The molecule has 0 aliphatic heterocycles. The molecule has 0 fully saturated rings. The molecule has 0 saturated heterocycles. The van der Waals surface area contributed by atoms with Gasteiger partial charge in [0.25, 0.3) is 5.91 Å². The fraction of sp³-hybridized carbons (Fsp3) is 0.118. The topological polar surface area (TPSA) is 75.3 Å². The second-order valence-corrected chi connectivity index (χ2v) is 5.49. The van der Waals surface area contributed by atoms with Gasteiger partial charge in [0.15, 0.2) is 5.78 Å². The summed E-state index contributed by atoms with van der Waals surface area (Å²) < 4.78 is 13.6. The molecular weight excluding hydrogens is 335 g/mol. The van der Waals surface area contributed by atoms with Gasteiger partial charge in [-0.25, -0.2) is 4.39 Å². The normalized spacial score (nSPS) is 10.2. The molecule has 5 nitrogen and oxygen atoms in total. The van der Waals surface area contributed by atoms with Crippen LogP contribution in [0.25, 0.3) is 0 Å². The molecule has 0 heterocycles. The third-order valence-electron chi connectivity index (χ3n) is 3.16. The van der Waals surface area contributed by atoms with Gasteiger partial charge in [-0.05, 0) is 43.3 Å². The number of ketones is 1. The first-order valence-electron chi connectivity index (χ1n) is 6.97. The number of carbonyl (C=O) groups is 3. The molecule has 0 atom stereocenters. The Labute approximate surface area is 142 Å². The quantitative estimate of drug-likeness (QED) is 0.823. The van der Waals surface area contributed by atoms with E-state index in [1.165, 1.54) is 38.1 Å². The Bertz CT molecular complexity index is 837. The average molecular weight is 349 g/mol. The molecule has 0 aromatic heterocycles. The minimum absolute atomic E-state index is 0.0984. The van der Waals surface area contributed by atoms with Gasteiger partial charge in [-0.3, -0.25) is 14.4 Å². The van der Waals surface area contributed by atoms with Gasteiger partial charge in [0.05, 0.1) is 16.4 Å². The van der Waals surface area contributed by atoms with Crippen molar-refractivity contribution >= 4 is 40.6 Å². The second-order valence-electron chi connectivity index (χ2n) is 5.08. The summed E-state index contributed by atoms with van der Waals surface area (Å²) in [5.41, 5.74) is 0.690. The van der Waals surface area contributed by atoms with E-state index in [4.69, 9.17) is 11.6 Å². The van der Waals surface area contributed by atoms with Crippen molar-refractivity contribution < 1.29 is 18.8 Å². The van der Waals surface area contributed by atoms with Crippen LogP contribution in [0.1, 0.15) is 34.6 Å². The van der Waals surface area contributed by atoms with Gasteiger partial charge >= 0.3 is 0 Å². The summed E-state index contributed by atoms with van der Waals surface area (Å²) in [5.74, 6) is -1.83. The van der Waals surface area contributed by atoms with E-state index in [1.54, 1.807) is 6.07 Å². The summed E-state index contributed by atoms with van der Waals surface area (Å²) in [7, 11) is 0. The number of anilines is 2. The number of benzene rings is 2. The van der Waals surface area contributed by atoms with Crippen molar-refractivity contribution in [2.24, 2.45) is 0 Å². The van der Waals surface area contributed by atoms with Crippen LogP contribution in [-0.4, -0.2) is 17.6 Å².